The van der Waals surface area contributed by atoms with Crippen molar-refractivity contribution >= 4 is 5.91 Å². The Balaban J connectivity index is 2.04. The van der Waals surface area contributed by atoms with Crippen molar-refractivity contribution in [3.8, 4) is 5.75 Å². The lowest BCUT2D eigenvalue weighted by Gasteiger charge is -2.24. The van der Waals surface area contributed by atoms with E-state index in [0.29, 0.717) is 26.1 Å². The van der Waals surface area contributed by atoms with E-state index in [9.17, 15) is 4.79 Å². The molecule has 134 valence electrons. The number of carbonyl (C=O) groups is 1. The molecule has 0 fully saturated rings. The minimum absolute atomic E-state index is 0.138. The number of rotatable bonds is 9. The van der Waals surface area contributed by atoms with Crippen molar-refractivity contribution in [2.24, 2.45) is 5.73 Å². The van der Waals surface area contributed by atoms with Gasteiger partial charge >= 0.3 is 0 Å². The fraction of sp³-hybridized carbons (Fsp3) is 0.381. The van der Waals surface area contributed by atoms with Gasteiger partial charge in [-0.15, -0.1) is 0 Å². The number of nitrogens with two attached hydrogens (primary N) is 1. The second-order valence-corrected chi connectivity index (χ2v) is 6.32. The number of methoxy groups -OCH3 is 1. The fourth-order valence-electron chi connectivity index (χ4n) is 2.83. The predicted molar refractivity (Wildman–Crippen MR) is 102 cm³/mol. The number of hydrogen-bond acceptors (Lipinski definition) is 3. The van der Waals surface area contributed by atoms with Crippen LogP contribution in [0.1, 0.15) is 36.8 Å². The molecule has 2 aromatic rings. The van der Waals surface area contributed by atoms with E-state index in [2.05, 4.69) is 6.92 Å². The zero-order chi connectivity index (χ0) is 18.1. The molecule has 0 aliphatic carbocycles. The first-order valence-corrected chi connectivity index (χ1v) is 8.79. The Hall–Kier alpha value is -2.33. The van der Waals surface area contributed by atoms with Gasteiger partial charge in [0.25, 0.3) is 0 Å². The van der Waals surface area contributed by atoms with Crippen molar-refractivity contribution < 1.29 is 9.53 Å². The largest absolute Gasteiger partial charge is 0.497 e. The van der Waals surface area contributed by atoms with Crippen molar-refractivity contribution in [1.29, 1.82) is 0 Å². The van der Waals surface area contributed by atoms with Gasteiger partial charge in [-0.3, -0.25) is 4.79 Å². The SMILES string of the molecule is COc1cccc(C(C)CC(=O)N(CCCN)Cc2ccccc2)c1. The van der Waals surface area contributed by atoms with Crippen LogP contribution in [-0.2, 0) is 11.3 Å². The molecule has 1 amide bonds. The molecular formula is C21H28N2O2. The highest BCUT2D eigenvalue weighted by atomic mass is 16.5. The van der Waals surface area contributed by atoms with Crippen LogP contribution < -0.4 is 10.5 Å². The summed E-state index contributed by atoms with van der Waals surface area (Å²) in [6, 6.07) is 18.0. The molecule has 0 aliphatic heterocycles. The number of benzene rings is 2. The maximum atomic E-state index is 12.8. The second-order valence-electron chi connectivity index (χ2n) is 6.32. The third-order valence-electron chi connectivity index (χ3n) is 4.34. The predicted octanol–water partition coefficient (Wildman–Crippen LogP) is 3.57. The number of hydrogen-bond donors (Lipinski definition) is 1. The molecule has 4 heteroatoms. The summed E-state index contributed by atoms with van der Waals surface area (Å²) in [6.45, 7) is 3.99. The van der Waals surface area contributed by atoms with E-state index in [0.717, 1.165) is 23.3 Å². The van der Waals surface area contributed by atoms with Gasteiger partial charge in [-0.1, -0.05) is 49.4 Å². The van der Waals surface area contributed by atoms with E-state index < -0.39 is 0 Å². The van der Waals surface area contributed by atoms with Crippen LogP contribution in [0, 0.1) is 0 Å². The van der Waals surface area contributed by atoms with Gasteiger partial charge in [0, 0.05) is 19.5 Å². The molecule has 1 atom stereocenters. The molecule has 0 aromatic heterocycles. The Bertz CT molecular complexity index is 658. The summed E-state index contributed by atoms with van der Waals surface area (Å²) in [6.07, 6.45) is 1.29. The van der Waals surface area contributed by atoms with Gasteiger partial charge in [0.05, 0.1) is 7.11 Å². The number of nitrogens with zero attached hydrogens (tertiary/aromatic N) is 1. The Kier molecular flexibility index (Phi) is 7.48. The lowest BCUT2D eigenvalue weighted by molar-refractivity contribution is -0.132. The highest BCUT2D eigenvalue weighted by Gasteiger charge is 2.18. The van der Waals surface area contributed by atoms with Gasteiger partial charge in [-0.05, 0) is 42.1 Å². The molecule has 0 saturated heterocycles. The van der Waals surface area contributed by atoms with Crippen LogP contribution in [-0.4, -0.2) is 31.0 Å². The number of carbonyl (C=O) groups excluding carboxylic acids is 1. The Morgan fingerprint density at radius 1 is 1.16 bits per heavy atom. The Labute approximate surface area is 150 Å². The Morgan fingerprint density at radius 3 is 2.60 bits per heavy atom. The minimum Gasteiger partial charge on any atom is -0.497 e. The maximum Gasteiger partial charge on any atom is 0.223 e. The average molecular weight is 340 g/mol. The third kappa shape index (κ3) is 5.91. The third-order valence-corrected chi connectivity index (χ3v) is 4.34. The summed E-state index contributed by atoms with van der Waals surface area (Å²) in [4.78, 5) is 14.8. The van der Waals surface area contributed by atoms with E-state index in [1.807, 2.05) is 59.5 Å². The molecule has 2 aromatic carbocycles. The zero-order valence-electron chi connectivity index (χ0n) is 15.2. The van der Waals surface area contributed by atoms with Gasteiger partial charge < -0.3 is 15.4 Å². The molecular weight excluding hydrogens is 312 g/mol. The zero-order valence-corrected chi connectivity index (χ0v) is 15.2. The van der Waals surface area contributed by atoms with Crippen LogP contribution in [0.15, 0.2) is 54.6 Å². The summed E-state index contributed by atoms with van der Waals surface area (Å²) >= 11 is 0. The highest BCUT2D eigenvalue weighted by molar-refractivity contribution is 5.77. The van der Waals surface area contributed by atoms with Gasteiger partial charge in [-0.25, -0.2) is 0 Å². The molecule has 0 spiro atoms. The molecule has 2 N–H and O–H groups in total. The van der Waals surface area contributed by atoms with Crippen LogP contribution in [0.2, 0.25) is 0 Å². The van der Waals surface area contributed by atoms with E-state index in [-0.39, 0.29) is 11.8 Å². The Morgan fingerprint density at radius 2 is 1.92 bits per heavy atom. The monoisotopic (exact) mass is 340 g/mol. The van der Waals surface area contributed by atoms with Gasteiger partial charge in [0.1, 0.15) is 5.75 Å². The summed E-state index contributed by atoms with van der Waals surface area (Å²) < 4.78 is 5.28. The van der Waals surface area contributed by atoms with E-state index in [1.54, 1.807) is 7.11 Å². The lowest BCUT2D eigenvalue weighted by Crippen LogP contribution is -2.33. The molecule has 1 unspecified atom stereocenters. The quantitative estimate of drug-likeness (QED) is 0.759. The fourth-order valence-corrected chi connectivity index (χ4v) is 2.83. The maximum absolute atomic E-state index is 12.8. The van der Waals surface area contributed by atoms with Crippen molar-refractivity contribution in [2.45, 2.75) is 32.2 Å². The van der Waals surface area contributed by atoms with E-state index in [4.69, 9.17) is 10.5 Å². The van der Waals surface area contributed by atoms with E-state index in [1.165, 1.54) is 0 Å². The van der Waals surface area contributed by atoms with Crippen LogP contribution in [0.4, 0.5) is 0 Å². The van der Waals surface area contributed by atoms with Crippen LogP contribution in [0.25, 0.3) is 0 Å². The lowest BCUT2D eigenvalue weighted by atomic mass is 9.96. The summed E-state index contributed by atoms with van der Waals surface area (Å²) in [5.74, 6) is 1.12. The molecule has 2 rings (SSSR count). The minimum atomic E-state index is 0.138. The van der Waals surface area contributed by atoms with Gasteiger partial charge in [-0.2, -0.15) is 0 Å². The topological polar surface area (TPSA) is 55.6 Å². The number of ether oxygens (including phenoxy) is 1. The molecule has 25 heavy (non-hydrogen) atoms. The highest BCUT2D eigenvalue weighted by Crippen LogP contribution is 2.24. The molecule has 0 radical (unpaired) electrons. The molecule has 0 aliphatic rings. The summed E-state index contributed by atoms with van der Waals surface area (Å²) in [5, 5.41) is 0. The van der Waals surface area contributed by atoms with E-state index >= 15 is 0 Å². The number of amides is 1. The molecule has 0 saturated carbocycles. The summed E-state index contributed by atoms with van der Waals surface area (Å²) in [7, 11) is 1.66. The van der Waals surface area contributed by atoms with Crippen molar-refractivity contribution in [3.63, 3.8) is 0 Å². The normalized spacial score (nSPS) is 11.8. The molecule has 0 heterocycles. The smallest absolute Gasteiger partial charge is 0.223 e. The summed E-state index contributed by atoms with van der Waals surface area (Å²) in [5.41, 5.74) is 7.90. The standard InChI is InChI=1S/C21H28N2O2/c1-17(19-10-6-11-20(15-19)25-2)14-21(24)23(13-7-12-22)16-18-8-4-3-5-9-18/h3-6,8-11,15,17H,7,12-14,16,22H2,1-2H3. The average Bonchev–Trinajstić information content (AvgIpc) is 2.65. The molecule has 4 nitrogen and oxygen atoms in total. The van der Waals surface area contributed by atoms with Crippen molar-refractivity contribution in [2.75, 3.05) is 20.2 Å². The van der Waals surface area contributed by atoms with Crippen molar-refractivity contribution in [3.05, 3.63) is 65.7 Å². The second kappa shape index (κ2) is 9.84. The molecule has 0 bridgehead atoms. The van der Waals surface area contributed by atoms with Crippen LogP contribution in [0.5, 0.6) is 5.75 Å². The van der Waals surface area contributed by atoms with Gasteiger partial charge in [0.15, 0.2) is 0 Å². The van der Waals surface area contributed by atoms with Gasteiger partial charge in [0.2, 0.25) is 5.91 Å². The first-order valence-electron chi connectivity index (χ1n) is 8.79. The first kappa shape index (κ1) is 19.0. The van der Waals surface area contributed by atoms with Crippen LogP contribution >= 0.6 is 0 Å². The van der Waals surface area contributed by atoms with Crippen LogP contribution in [0.3, 0.4) is 0 Å². The first-order chi connectivity index (χ1) is 12.1. The van der Waals surface area contributed by atoms with Crippen molar-refractivity contribution in [1.82, 2.24) is 4.90 Å².